The van der Waals surface area contributed by atoms with Crippen molar-refractivity contribution < 1.29 is 14.3 Å². The topological polar surface area (TPSA) is 97.1 Å². The number of piperazine rings is 1. The first-order valence-corrected chi connectivity index (χ1v) is 12.4. The molecule has 9 heteroatoms. The van der Waals surface area contributed by atoms with Gasteiger partial charge in [0.1, 0.15) is 11.9 Å². The maximum atomic E-state index is 14.2. The number of hydrogen-bond acceptors (Lipinski definition) is 9. The zero-order chi connectivity index (χ0) is 23.5. The number of ketones is 1. The predicted molar refractivity (Wildman–Crippen MR) is 131 cm³/mol. The van der Waals surface area contributed by atoms with Gasteiger partial charge in [-0.15, -0.1) is 11.3 Å². The predicted octanol–water partition coefficient (Wildman–Crippen LogP) is 2.47. The van der Waals surface area contributed by atoms with Crippen LogP contribution in [0.3, 0.4) is 0 Å². The van der Waals surface area contributed by atoms with E-state index in [1.165, 1.54) is 16.9 Å². The summed E-state index contributed by atoms with van der Waals surface area (Å²) < 4.78 is 11.1. The molecule has 0 aliphatic carbocycles. The third-order valence-electron chi connectivity index (χ3n) is 6.75. The monoisotopic (exact) mass is 479 g/mol. The zero-order valence-electron chi connectivity index (χ0n) is 19.2. The quantitative estimate of drug-likeness (QED) is 0.369. The summed E-state index contributed by atoms with van der Waals surface area (Å²) in [6, 6.07) is 11.4. The highest BCUT2D eigenvalue weighted by molar-refractivity contribution is 7.13. The Labute approximate surface area is 203 Å². The molecular weight excluding hydrogens is 450 g/mol. The molecule has 34 heavy (non-hydrogen) atoms. The first-order chi connectivity index (χ1) is 16.6. The van der Waals surface area contributed by atoms with Crippen LogP contribution in [0.5, 0.6) is 5.75 Å². The molecule has 4 heterocycles. The van der Waals surface area contributed by atoms with Crippen LogP contribution in [0.1, 0.15) is 21.6 Å². The standard InChI is InChI=1S/C25H29N5O3S/c1-32-20-4-2-19(3-5-20)23(31)25(22-16-33-22,21-17-34-24(26)28-21)30-14-12-29(13-15-30)11-8-18-6-9-27-10-7-18/h2-7,9-10,17,22H,8,11-16H2,1H3,(H2,26,28). The number of ether oxygens (including phenoxy) is 2. The van der Waals surface area contributed by atoms with E-state index in [4.69, 9.17) is 15.2 Å². The van der Waals surface area contributed by atoms with Crippen molar-refractivity contribution in [2.24, 2.45) is 0 Å². The average molecular weight is 480 g/mol. The van der Waals surface area contributed by atoms with Crippen LogP contribution < -0.4 is 10.5 Å². The number of epoxide rings is 1. The Morgan fingerprint density at radius 1 is 1.18 bits per heavy atom. The summed E-state index contributed by atoms with van der Waals surface area (Å²) >= 11 is 1.36. The Kier molecular flexibility index (Phi) is 6.60. The van der Waals surface area contributed by atoms with Crippen molar-refractivity contribution >= 4 is 22.3 Å². The highest BCUT2D eigenvalue weighted by Crippen LogP contribution is 2.43. The van der Waals surface area contributed by atoms with E-state index in [0.717, 1.165) is 39.1 Å². The number of pyridine rings is 1. The number of nitrogen functional groups attached to an aromatic ring is 1. The second kappa shape index (κ2) is 9.79. The van der Waals surface area contributed by atoms with Gasteiger partial charge in [-0.1, -0.05) is 0 Å². The van der Waals surface area contributed by atoms with Crippen LogP contribution in [-0.4, -0.2) is 78.1 Å². The molecule has 2 atom stereocenters. The first kappa shape index (κ1) is 22.9. The van der Waals surface area contributed by atoms with Gasteiger partial charge in [0.2, 0.25) is 0 Å². The van der Waals surface area contributed by atoms with Gasteiger partial charge < -0.3 is 20.1 Å². The number of anilines is 1. The van der Waals surface area contributed by atoms with E-state index in [1.807, 2.05) is 42.0 Å². The summed E-state index contributed by atoms with van der Waals surface area (Å²) in [6.07, 6.45) is 4.41. The molecule has 1 aromatic carbocycles. The number of methoxy groups -OCH3 is 1. The summed E-state index contributed by atoms with van der Waals surface area (Å²) in [5, 5.41) is 2.37. The summed E-state index contributed by atoms with van der Waals surface area (Å²) in [6.45, 7) is 4.73. The number of rotatable bonds is 9. The second-order valence-electron chi connectivity index (χ2n) is 8.65. The minimum Gasteiger partial charge on any atom is -0.497 e. The van der Waals surface area contributed by atoms with Crippen LogP contribution in [0.4, 0.5) is 5.13 Å². The molecule has 8 nitrogen and oxygen atoms in total. The number of benzene rings is 1. The van der Waals surface area contributed by atoms with Gasteiger partial charge in [-0.3, -0.25) is 14.7 Å². The molecule has 2 aliphatic rings. The number of Topliss-reactive ketones (excluding diaryl/α,β-unsaturated/α-hetero) is 1. The molecule has 178 valence electrons. The smallest absolute Gasteiger partial charge is 0.192 e. The molecule has 3 aromatic rings. The number of nitrogens with two attached hydrogens (primary N) is 1. The van der Waals surface area contributed by atoms with Gasteiger partial charge in [0.15, 0.2) is 16.5 Å². The van der Waals surface area contributed by atoms with E-state index in [-0.39, 0.29) is 11.9 Å². The Balaban J connectivity index is 1.39. The lowest BCUT2D eigenvalue weighted by Crippen LogP contribution is -2.62. The number of aromatic nitrogens is 2. The van der Waals surface area contributed by atoms with E-state index in [0.29, 0.717) is 28.7 Å². The van der Waals surface area contributed by atoms with Gasteiger partial charge in [-0.2, -0.15) is 0 Å². The van der Waals surface area contributed by atoms with Crippen molar-refractivity contribution in [2.45, 2.75) is 18.1 Å². The molecule has 2 fully saturated rings. The van der Waals surface area contributed by atoms with Crippen LogP contribution in [0.25, 0.3) is 0 Å². The van der Waals surface area contributed by atoms with Crippen molar-refractivity contribution in [3.05, 3.63) is 71.0 Å². The second-order valence-corrected chi connectivity index (χ2v) is 9.54. The van der Waals surface area contributed by atoms with Crippen molar-refractivity contribution in [1.29, 1.82) is 0 Å². The fourth-order valence-electron chi connectivity index (χ4n) is 4.81. The van der Waals surface area contributed by atoms with Crippen molar-refractivity contribution in [3.63, 3.8) is 0 Å². The number of thiazole rings is 1. The lowest BCUT2D eigenvalue weighted by atomic mass is 9.81. The van der Waals surface area contributed by atoms with Gasteiger partial charge in [-0.05, 0) is 48.4 Å². The number of hydrogen-bond donors (Lipinski definition) is 1. The Hall–Kier alpha value is -2.85. The summed E-state index contributed by atoms with van der Waals surface area (Å²) in [4.78, 5) is 27.6. The third-order valence-corrected chi connectivity index (χ3v) is 7.42. The average Bonchev–Trinajstić information content (AvgIpc) is 3.65. The lowest BCUT2D eigenvalue weighted by Gasteiger charge is -2.45. The number of carbonyl (C=O) groups excluding carboxylic acids is 1. The van der Waals surface area contributed by atoms with E-state index in [1.54, 1.807) is 7.11 Å². The molecule has 0 saturated carbocycles. The van der Waals surface area contributed by atoms with Gasteiger partial charge >= 0.3 is 0 Å². The van der Waals surface area contributed by atoms with Crippen molar-refractivity contribution in [3.8, 4) is 5.75 Å². The molecule has 0 radical (unpaired) electrons. The van der Waals surface area contributed by atoms with Crippen LogP contribution in [0.15, 0.2) is 54.2 Å². The highest BCUT2D eigenvalue weighted by atomic mass is 32.1. The van der Waals surface area contributed by atoms with Gasteiger partial charge in [0, 0.05) is 56.1 Å². The fraction of sp³-hybridized carbons (Fsp3) is 0.400. The molecule has 2 N–H and O–H groups in total. The van der Waals surface area contributed by atoms with Gasteiger partial charge in [0.05, 0.1) is 19.4 Å². The molecule has 0 amide bonds. The molecule has 2 aliphatic heterocycles. The van der Waals surface area contributed by atoms with E-state index < -0.39 is 5.54 Å². The summed E-state index contributed by atoms with van der Waals surface area (Å²) in [5.41, 5.74) is 7.62. The SMILES string of the molecule is COc1ccc(C(=O)C(c2csc(N)n2)(C2CO2)N2CCN(CCc3ccncc3)CC2)cc1. The molecule has 0 bridgehead atoms. The Morgan fingerprint density at radius 3 is 2.47 bits per heavy atom. The normalized spacial score (nSPS) is 20.6. The van der Waals surface area contributed by atoms with Gasteiger partial charge in [-0.25, -0.2) is 4.98 Å². The van der Waals surface area contributed by atoms with Crippen molar-refractivity contribution in [1.82, 2.24) is 19.8 Å². The fourth-order valence-corrected chi connectivity index (χ4v) is 5.43. The van der Waals surface area contributed by atoms with Crippen molar-refractivity contribution in [2.75, 3.05) is 52.2 Å². The maximum absolute atomic E-state index is 14.2. The molecule has 0 spiro atoms. The van der Waals surface area contributed by atoms with E-state index in [2.05, 4.69) is 31.9 Å². The molecule has 2 unspecified atom stereocenters. The van der Waals surface area contributed by atoms with Crippen LogP contribution in [0, 0.1) is 0 Å². The highest BCUT2D eigenvalue weighted by Gasteiger charge is 2.59. The molecule has 2 saturated heterocycles. The third kappa shape index (κ3) is 4.44. The molecule has 5 rings (SSSR count). The summed E-state index contributed by atoms with van der Waals surface area (Å²) in [7, 11) is 1.62. The summed E-state index contributed by atoms with van der Waals surface area (Å²) in [5.74, 6) is 0.707. The maximum Gasteiger partial charge on any atom is 0.192 e. The van der Waals surface area contributed by atoms with Crippen LogP contribution >= 0.6 is 11.3 Å². The Morgan fingerprint density at radius 2 is 1.88 bits per heavy atom. The molecular formula is C25H29N5O3S. The first-order valence-electron chi connectivity index (χ1n) is 11.5. The van der Waals surface area contributed by atoms with E-state index in [9.17, 15) is 4.79 Å². The minimum absolute atomic E-state index is 0.00631. The van der Waals surface area contributed by atoms with Gasteiger partial charge in [0.25, 0.3) is 0 Å². The number of carbonyl (C=O) groups is 1. The minimum atomic E-state index is -0.986. The largest absolute Gasteiger partial charge is 0.497 e. The zero-order valence-corrected chi connectivity index (χ0v) is 20.0. The number of nitrogens with zero attached hydrogens (tertiary/aromatic N) is 4. The lowest BCUT2D eigenvalue weighted by molar-refractivity contribution is 0.0127. The Bertz CT molecular complexity index is 1110. The van der Waals surface area contributed by atoms with Crippen LogP contribution in [0.2, 0.25) is 0 Å². The van der Waals surface area contributed by atoms with E-state index >= 15 is 0 Å². The van der Waals surface area contributed by atoms with Crippen LogP contribution in [-0.2, 0) is 16.7 Å². The molecule has 2 aromatic heterocycles.